The number of halogens is 2. The molecule has 1 aliphatic rings. The standard InChI is InChI=1S/C19H22N2.C7H6.2C5H5N.2ClH.Ru/c1-14-7-5-8-15(2)18(14)20-11-12-21(13-20)19-16(3)9-6-10-17(19)4;1-7-5-3-2-4-6-7;2*1-2-4-6-5-3-1;;;/h5-10H,11-12H2,1-4H3;1-6H;2*1-5H;2*1H;/q;;;;;;+2/p-2. The molecule has 1 saturated heterocycles. The van der Waals surface area contributed by atoms with Crippen LogP contribution in [0.3, 0.4) is 0 Å². The molecular formula is C36H38Cl2N4Ru. The molecule has 43 heavy (non-hydrogen) atoms. The Balaban J connectivity index is 0.000000188. The van der Waals surface area contributed by atoms with Gasteiger partial charge in [0.05, 0.1) is 0 Å². The molecule has 0 atom stereocenters. The zero-order chi connectivity index (χ0) is 30.9. The summed E-state index contributed by atoms with van der Waals surface area (Å²) in [5.74, 6) is 0. The van der Waals surface area contributed by atoms with Crippen LogP contribution in [0.15, 0.2) is 128 Å². The van der Waals surface area contributed by atoms with Gasteiger partial charge < -0.3 is 9.80 Å². The minimum Gasteiger partial charge on any atom is -0.265 e. The van der Waals surface area contributed by atoms with E-state index in [2.05, 4.69) is 90.5 Å². The summed E-state index contributed by atoms with van der Waals surface area (Å²) in [5.41, 5.74) is 8.96. The Kier molecular flexibility index (Phi) is 15.1. The Morgan fingerprint density at radius 2 is 0.930 bits per heavy atom. The molecular weight excluding hydrogens is 660 g/mol. The van der Waals surface area contributed by atoms with Gasteiger partial charge in [-0.05, 0) is 74.2 Å². The molecule has 1 fully saturated rings. The van der Waals surface area contributed by atoms with Crippen LogP contribution in [0.1, 0.15) is 27.8 Å². The molecule has 5 aromatic rings. The summed E-state index contributed by atoms with van der Waals surface area (Å²) in [6.07, 6.45) is 7.00. The van der Waals surface area contributed by atoms with Crippen molar-refractivity contribution < 1.29 is 13.5 Å². The Morgan fingerprint density at radius 3 is 1.23 bits per heavy atom. The van der Waals surface area contributed by atoms with E-state index in [1.807, 2.05) is 71.3 Å². The maximum Gasteiger partial charge on any atom is 0.0267 e. The zero-order valence-corrected chi connectivity index (χ0v) is 28.3. The molecule has 3 heterocycles. The second kappa shape index (κ2) is 19.0. The number of aromatic nitrogens is 2. The Hall–Kier alpha value is -3.37. The van der Waals surface area contributed by atoms with Gasteiger partial charge in [0.25, 0.3) is 0 Å². The first-order valence-corrected chi connectivity index (χ1v) is 19.4. The first-order valence-electron chi connectivity index (χ1n) is 13.9. The topological polar surface area (TPSA) is 32.3 Å². The van der Waals surface area contributed by atoms with Crippen molar-refractivity contribution in [1.29, 1.82) is 0 Å². The Labute approximate surface area is 270 Å². The largest absolute Gasteiger partial charge is 0.265 e. The summed E-state index contributed by atoms with van der Waals surface area (Å²) in [4.78, 5) is 12.1. The van der Waals surface area contributed by atoms with E-state index in [4.69, 9.17) is 19.4 Å². The van der Waals surface area contributed by atoms with Gasteiger partial charge in [0.15, 0.2) is 0 Å². The number of para-hydroxylation sites is 2. The summed E-state index contributed by atoms with van der Waals surface area (Å²) in [6, 6.07) is 34.2. The molecule has 4 nitrogen and oxygen atoms in total. The fourth-order valence-corrected chi connectivity index (χ4v) is 6.29. The minimum atomic E-state index is -1.61. The number of aryl methyl sites for hydroxylation is 4. The second-order valence-corrected chi connectivity index (χ2v) is 15.4. The number of pyridine rings is 2. The molecule has 224 valence electrons. The molecule has 0 bridgehead atoms. The molecule has 0 saturated carbocycles. The maximum absolute atomic E-state index is 5.67. The van der Waals surface area contributed by atoms with Crippen molar-refractivity contribution in [3.8, 4) is 0 Å². The van der Waals surface area contributed by atoms with Gasteiger partial charge in [-0.2, -0.15) is 0 Å². The molecule has 7 heteroatoms. The third-order valence-corrected chi connectivity index (χ3v) is 8.21. The first-order chi connectivity index (χ1) is 20.9. The molecule has 3 aromatic carbocycles. The van der Waals surface area contributed by atoms with E-state index in [0.717, 1.165) is 18.7 Å². The normalized spacial score (nSPS) is 12.0. The van der Waals surface area contributed by atoms with Crippen molar-refractivity contribution in [2.24, 2.45) is 0 Å². The van der Waals surface area contributed by atoms with Crippen molar-refractivity contribution >= 4 is 35.4 Å². The van der Waals surface area contributed by atoms with Gasteiger partial charge in [0, 0.05) is 49.3 Å². The SMILES string of the molecule is Cc1cccc(C)c1N1[C]N(c2c(C)cccc2C)CC1.[Cl][Ru]([Cl])=[CH]c1ccccc1.c1ccncc1.c1ccncc1. The predicted molar refractivity (Wildman–Crippen MR) is 182 cm³/mol. The van der Waals surface area contributed by atoms with Crippen molar-refractivity contribution in [3.63, 3.8) is 0 Å². The fraction of sp³-hybridized carbons (Fsp3) is 0.167. The van der Waals surface area contributed by atoms with Gasteiger partial charge in [-0.3, -0.25) is 9.97 Å². The van der Waals surface area contributed by atoms with Gasteiger partial charge in [-0.1, -0.05) is 48.5 Å². The molecule has 1 aliphatic heterocycles. The summed E-state index contributed by atoms with van der Waals surface area (Å²) in [6.45, 7) is 14.2. The molecule has 2 aromatic heterocycles. The van der Waals surface area contributed by atoms with E-state index in [1.165, 1.54) is 33.6 Å². The monoisotopic (exact) mass is 698 g/mol. The van der Waals surface area contributed by atoms with Crippen LogP contribution in [-0.2, 0) is 13.5 Å². The summed E-state index contributed by atoms with van der Waals surface area (Å²) in [7, 11) is 11.3. The van der Waals surface area contributed by atoms with Crippen LogP contribution in [0, 0.1) is 34.4 Å². The molecule has 0 amide bonds. The van der Waals surface area contributed by atoms with Crippen molar-refractivity contribution in [1.82, 2.24) is 9.97 Å². The van der Waals surface area contributed by atoms with Crippen LogP contribution in [-0.4, -0.2) is 27.7 Å². The fourth-order valence-electron chi connectivity index (χ4n) is 4.47. The van der Waals surface area contributed by atoms with E-state index in [1.54, 1.807) is 24.8 Å². The first kappa shape index (κ1) is 34.1. The van der Waals surface area contributed by atoms with Crippen LogP contribution >= 0.6 is 19.4 Å². The Morgan fingerprint density at radius 1 is 0.558 bits per heavy atom. The number of hydrogen-bond acceptors (Lipinski definition) is 4. The maximum atomic E-state index is 5.67. The number of hydrogen-bond donors (Lipinski definition) is 0. The third kappa shape index (κ3) is 12.0. The van der Waals surface area contributed by atoms with Crippen LogP contribution in [0.5, 0.6) is 0 Å². The summed E-state index contributed by atoms with van der Waals surface area (Å²) in [5, 5.41) is 0. The molecule has 0 aliphatic carbocycles. The van der Waals surface area contributed by atoms with Gasteiger partial charge in [0.1, 0.15) is 0 Å². The molecule has 6 rings (SSSR count). The van der Waals surface area contributed by atoms with Gasteiger partial charge in [0.2, 0.25) is 6.67 Å². The number of nitrogens with zero attached hydrogens (tertiary/aromatic N) is 4. The average molecular weight is 699 g/mol. The van der Waals surface area contributed by atoms with Gasteiger partial charge >= 0.3 is 73.4 Å². The molecule has 0 spiro atoms. The van der Waals surface area contributed by atoms with Gasteiger partial charge in [-0.25, -0.2) is 0 Å². The molecule has 2 radical (unpaired) electrons. The van der Waals surface area contributed by atoms with E-state index in [0.29, 0.717) is 0 Å². The number of rotatable bonds is 3. The van der Waals surface area contributed by atoms with Crippen LogP contribution in [0.2, 0.25) is 0 Å². The Bertz CT molecular complexity index is 1330. The summed E-state index contributed by atoms with van der Waals surface area (Å²) >= 11 is -1.61. The van der Waals surface area contributed by atoms with Crippen LogP contribution in [0.4, 0.5) is 11.4 Å². The quantitative estimate of drug-likeness (QED) is 0.176. The van der Waals surface area contributed by atoms with Crippen molar-refractivity contribution in [3.05, 3.63) is 162 Å². The number of benzene rings is 3. The van der Waals surface area contributed by atoms with Crippen molar-refractivity contribution in [2.45, 2.75) is 27.7 Å². The predicted octanol–water partition coefficient (Wildman–Crippen LogP) is 9.17. The van der Waals surface area contributed by atoms with Crippen molar-refractivity contribution in [2.75, 3.05) is 22.9 Å². The number of anilines is 2. The minimum absolute atomic E-state index is 0.986. The van der Waals surface area contributed by atoms with E-state index in [-0.39, 0.29) is 0 Å². The molecule has 0 unspecified atom stereocenters. The van der Waals surface area contributed by atoms with E-state index < -0.39 is 13.5 Å². The molecule has 0 N–H and O–H groups in total. The van der Waals surface area contributed by atoms with Crippen LogP contribution < -0.4 is 9.80 Å². The van der Waals surface area contributed by atoms with E-state index >= 15 is 0 Å². The van der Waals surface area contributed by atoms with Crippen LogP contribution in [0.25, 0.3) is 0 Å². The van der Waals surface area contributed by atoms with Gasteiger partial charge in [-0.15, -0.1) is 0 Å². The smallest absolute Gasteiger partial charge is 0.0267 e. The zero-order valence-electron chi connectivity index (χ0n) is 25.0. The summed E-state index contributed by atoms with van der Waals surface area (Å²) < 4.78 is 1.92. The third-order valence-electron chi connectivity index (χ3n) is 6.34. The second-order valence-electron chi connectivity index (χ2n) is 9.65. The average Bonchev–Trinajstić information content (AvgIpc) is 3.49. The van der Waals surface area contributed by atoms with E-state index in [9.17, 15) is 0 Å².